The molecule has 0 radical (unpaired) electrons. The molecular formula is C21H34N2O2. The monoisotopic (exact) mass is 346 g/mol. The Kier molecular flexibility index (Phi) is 8.67. The minimum absolute atomic E-state index is 0.0241. The SMILES string of the molecule is CCCCCCCCC(=O)N(NC(=O)c1cccc(C)c1)C(C)(C)C. The number of hydrogen-bond donors (Lipinski definition) is 1. The Bertz CT molecular complexity index is 561. The molecule has 0 aliphatic rings. The van der Waals surface area contributed by atoms with Gasteiger partial charge in [0.2, 0.25) is 5.91 Å². The number of hydrazine groups is 1. The summed E-state index contributed by atoms with van der Waals surface area (Å²) in [5.41, 5.74) is 3.94. The molecule has 140 valence electrons. The lowest BCUT2D eigenvalue weighted by molar-refractivity contribution is -0.139. The van der Waals surface area contributed by atoms with Gasteiger partial charge in [-0.25, -0.2) is 5.01 Å². The van der Waals surface area contributed by atoms with E-state index in [9.17, 15) is 9.59 Å². The number of amides is 2. The molecule has 0 saturated heterocycles. The lowest BCUT2D eigenvalue weighted by Gasteiger charge is -2.35. The van der Waals surface area contributed by atoms with Gasteiger partial charge in [0.25, 0.3) is 5.91 Å². The van der Waals surface area contributed by atoms with Crippen molar-refractivity contribution in [1.82, 2.24) is 10.4 Å². The van der Waals surface area contributed by atoms with Crippen LogP contribution >= 0.6 is 0 Å². The molecule has 25 heavy (non-hydrogen) atoms. The lowest BCUT2D eigenvalue weighted by atomic mass is 10.1. The van der Waals surface area contributed by atoms with Crippen molar-refractivity contribution in [3.8, 4) is 0 Å². The fraction of sp³-hybridized carbons (Fsp3) is 0.619. The van der Waals surface area contributed by atoms with E-state index in [-0.39, 0.29) is 11.8 Å². The maximum Gasteiger partial charge on any atom is 0.269 e. The van der Waals surface area contributed by atoms with Crippen LogP contribution in [0.15, 0.2) is 24.3 Å². The van der Waals surface area contributed by atoms with Gasteiger partial charge in [0.15, 0.2) is 0 Å². The molecule has 0 atom stereocenters. The zero-order chi connectivity index (χ0) is 18.9. The number of carbonyl (C=O) groups is 2. The Balaban J connectivity index is 2.62. The molecule has 0 aromatic heterocycles. The summed E-state index contributed by atoms with van der Waals surface area (Å²) in [5, 5.41) is 1.49. The van der Waals surface area contributed by atoms with Crippen molar-refractivity contribution >= 4 is 11.8 Å². The fourth-order valence-electron chi connectivity index (χ4n) is 2.72. The molecule has 2 amide bonds. The number of unbranched alkanes of at least 4 members (excludes halogenated alkanes) is 5. The standard InChI is InChI=1S/C21H34N2O2/c1-6-7-8-9-10-11-15-19(24)23(21(3,4)5)22-20(25)18-14-12-13-17(2)16-18/h12-14,16H,6-11,15H2,1-5H3,(H,22,25). The summed E-state index contributed by atoms with van der Waals surface area (Å²) in [6.45, 7) is 9.94. The molecule has 0 aliphatic carbocycles. The molecule has 0 aliphatic heterocycles. The predicted octanol–water partition coefficient (Wildman–Crippen LogP) is 5.02. The van der Waals surface area contributed by atoms with Crippen LogP contribution < -0.4 is 5.43 Å². The first-order chi connectivity index (χ1) is 11.8. The van der Waals surface area contributed by atoms with E-state index in [0.717, 1.165) is 18.4 Å². The molecule has 1 N–H and O–H groups in total. The Morgan fingerprint density at radius 2 is 1.68 bits per heavy atom. The highest BCUT2D eigenvalue weighted by Crippen LogP contribution is 2.15. The second kappa shape index (κ2) is 10.2. The summed E-state index contributed by atoms with van der Waals surface area (Å²) in [7, 11) is 0. The topological polar surface area (TPSA) is 49.4 Å². The minimum atomic E-state index is -0.460. The number of benzene rings is 1. The molecule has 1 rings (SSSR count). The molecule has 0 spiro atoms. The van der Waals surface area contributed by atoms with E-state index in [1.165, 1.54) is 30.7 Å². The highest BCUT2D eigenvalue weighted by Gasteiger charge is 2.28. The maximum atomic E-state index is 12.6. The van der Waals surface area contributed by atoms with Crippen molar-refractivity contribution < 1.29 is 9.59 Å². The number of aryl methyl sites for hydroxylation is 1. The smallest absolute Gasteiger partial charge is 0.269 e. The van der Waals surface area contributed by atoms with Crippen LogP contribution in [0, 0.1) is 6.92 Å². The van der Waals surface area contributed by atoms with Crippen molar-refractivity contribution in [2.24, 2.45) is 0 Å². The number of hydrogen-bond acceptors (Lipinski definition) is 2. The van der Waals surface area contributed by atoms with Crippen molar-refractivity contribution in [1.29, 1.82) is 0 Å². The van der Waals surface area contributed by atoms with E-state index >= 15 is 0 Å². The van der Waals surface area contributed by atoms with E-state index in [0.29, 0.717) is 12.0 Å². The minimum Gasteiger partial charge on any atom is -0.273 e. The second-order valence-corrected chi connectivity index (χ2v) is 7.73. The highest BCUT2D eigenvalue weighted by molar-refractivity contribution is 5.95. The molecule has 0 unspecified atom stereocenters. The van der Waals surface area contributed by atoms with Crippen molar-refractivity contribution in [3.63, 3.8) is 0 Å². The normalized spacial score (nSPS) is 11.2. The van der Waals surface area contributed by atoms with Gasteiger partial charge in [-0.3, -0.25) is 15.0 Å². The predicted molar refractivity (Wildman–Crippen MR) is 103 cm³/mol. The van der Waals surface area contributed by atoms with Crippen molar-refractivity contribution in [3.05, 3.63) is 35.4 Å². The van der Waals surface area contributed by atoms with Crippen LogP contribution in [0.3, 0.4) is 0 Å². The molecular weight excluding hydrogens is 312 g/mol. The fourth-order valence-corrected chi connectivity index (χ4v) is 2.72. The van der Waals surface area contributed by atoms with E-state index in [1.807, 2.05) is 45.9 Å². The molecule has 1 aromatic carbocycles. The first-order valence-corrected chi connectivity index (χ1v) is 9.46. The van der Waals surface area contributed by atoms with Gasteiger partial charge < -0.3 is 0 Å². The summed E-state index contributed by atoms with van der Waals surface area (Å²) in [5.74, 6) is -0.265. The molecule has 4 heteroatoms. The first kappa shape index (κ1) is 21.2. The van der Waals surface area contributed by atoms with Gasteiger partial charge in [0.1, 0.15) is 0 Å². The number of carbonyl (C=O) groups excluding carboxylic acids is 2. The van der Waals surface area contributed by atoms with Gasteiger partial charge in [0.05, 0.1) is 5.54 Å². The quantitative estimate of drug-likeness (QED) is 0.531. The van der Waals surface area contributed by atoms with Crippen LogP contribution in [0.5, 0.6) is 0 Å². The van der Waals surface area contributed by atoms with Crippen LogP contribution in [-0.4, -0.2) is 22.4 Å². The van der Waals surface area contributed by atoms with E-state index in [2.05, 4.69) is 12.3 Å². The molecule has 0 fully saturated rings. The van der Waals surface area contributed by atoms with Gasteiger partial charge >= 0.3 is 0 Å². The van der Waals surface area contributed by atoms with Gasteiger partial charge in [-0.1, -0.05) is 56.7 Å². The van der Waals surface area contributed by atoms with E-state index in [4.69, 9.17) is 0 Å². The summed E-state index contributed by atoms with van der Waals surface area (Å²) < 4.78 is 0. The summed E-state index contributed by atoms with van der Waals surface area (Å²) in [6.07, 6.45) is 7.29. The third-order valence-electron chi connectivity index (χ3n) is 4.16. The number of nitrogens with one attached hydrogen (secondary N) is 1. The zero-order valence-corrected chi connectivity index (χ0v) is 16.5. The Morgan fingerprint density at radius 3 is 2.28 bits per heavy atom. The molecule has 4 nitrogen and oxygen atoms in total. The maximum absolute atomic E-state index is 12.6. The second-order valence-electron chi connectivity index (χ2n) is 7.73. The van der Waals surface area contributed by atoms with Gasteiger partial charge in [0, 0.05) is 12.0 Å². The Labute approximate surface area is 153 Å². The van der Waals surface area contributed by atoms with Gasteiger partial charge in [-0.2, -0.15) is 0 Å². The van der Waals surface area contributed by atoms with Crippen LogP contribution in [0.2, 0.25) is 0 Å². The average Bonchev–Trinajstić information content (AvgIpc) is 2.54. The number of rotatable bonds is 8. The number of nitrogens with zero attached hydrogens (tertiary/aromatic N) is 1. The average molecular weight is 347 g/mol. The summed E-state index contributed by atoms with van der Waals surface area (Å²) >= 11 is 0. The molecule has 0 saturated carbocycles. The Hall–Kier alpha value is -1.84. The van der Waals surface area contributed by atoms with Crippen LogP contribution in [-0.2, 0) is 4.79 Å². The van der Waals surface area contributed by atoms with Gasteiger partial charge in [-0.05, 0) is 46.2 Å². The van der Waals surface area contributed by atoms with Crippen LogP contribution in [0.4, 0.5) is 0 Å². The first-order valence-electron chi connectivity index (χ1n) is 9.46. The van der Waals surface area contributed by atoms with E-state index < -0.39 is 5.54 Å². The lowest BCUT2D eigenvalue weighted by Crippen LogP contribution is -2.55. The third kappa shape index (κ3) is 7.72. The zero-order valence-electron chi connectivity index (χ0n) is 16.5. The largest absolute Gasteiger partial charge is 0.273 e. The van der Waals surface area contributed by atoms with E-state index in [1.54, 1.807) is 6.07 Å². The molecule has 0 heterocycles. The summed E-state index contributed by atoms with van der Waals surface area (Å²) in [4.78, 5) is 25.1. The van der Waals surface area contributed by atoms with Crippen LogP contribution in [0.25, 0.3) is 0 Å². The summed E-state index contributed by atoms with van der Waals surface area (Å²) in [6, 6.07) is 7.39. The van der Waals surface area contributed by atoms with Gasteiger partial charge in [-0.15, -0.1) is 0 Å². The molecule has 0 bridgehead atoms. The van der Waals surface area contributed by atoms with Crippen molar-refractivity contribution in [2.45, 2.75) is 85.1 Å². The highest BCUT2D eigenvalue weighted by atomic mass is 16.2. The Morgan fingerprint density at radius 1 is 1.04 bits per heavy atom. The third-order valence-corrected chi connectivity index (χ3v) is 4.16. The molecule has 1 aromatic rings. The van der Waals surface area contributed by atoms with Crippen molar-refractivity contribution in [2.75, 3.05) is 0 Å². The van der Waals surface area contributed by atoms with Crippen LogP contribution in [0.1, 0.15) is 88.6 Å².